The minimum Gasteiger partial charge on any atom is -0.469 e. The van der Waals surface area contributed by atoms with Crippen LogP contribution < -0.4 is 4.74 Å². The first-order valence-electron chi connectivity index (χ1n) is 8.62. The Morgan fingerprint density at radius 2 is 1.85 bits per heavy atom. The molecule has 0 aliphatic heterocycles. The van der Waals surface area contributed by atoms with Gasteiger partial charge in [0.1, 0.15) is 17.0 Å². The molecule has 6 nitrogen and oxygen atoms in total. The summed E-state index contributed by atoms with van der Waals surface area (Å²) in [5, 5.41) is 4.51. The summed E-state index contributed by atoms with van der Waals surface area (Å²) in [6.07, 6.45) is 2.07. The molecule has 1 fully saturated rings. The van der Waals surface area contributed by atoms with Crippen molar-refractivity contribution in [2.45, 2.75) is 45.6 Å². The summed E-state index contributed by atoms with van der Waals surface area (Å²) in [7, 11) is 0. The molecule has 1 aromatic carbocycles. The highest BCUT2D eigenvalue weighted by molar-refractivity contribution is 6.32. The first-order chi connectivity index (χ1) is 12.5. The van der Waals surface area contributed by atoms with Gasteiger partial charge in [0, 0.05) is 11.5 Å². The second-order valence-electron chi connectivity index (χ2n) is 6.59. The van der Waals surface area contributed by atoms with Gasteiger partial charge >= 0.3 is 0 Å². The van der Waals surface area contributed by atoms with Gasteiger partial charge in [-0.05, 0) is 39.2 Å². The van der Waals surface area contributed by atoms with Crippen LogP contribution in [0.1, 0.15) is 54.8 Å². The van der Waals surface area contributed by atoms with Crippen molar-refractivity contribution in [2.24, 2.45) is 0 Å². The average Bonchev–Trinajstić information content (AvgIpc) is 3.36. The molecule has 4 rings (SSSR count). The summed E-state index contributed by atoms with van der Waals surface area (Å²) in [5.41, 5.74) is 2.63. The summed E-state index contributed by atoms with van der Waals surface area (Å²) < 4.78 is 11.3. The van der Waals surface area contributed by atoms with E-state index in [0.717, 1.165) is 29.9 Å². The lowest BCUT2D eigenvalue weighted by molar-refractivity contribution is 0.216. The molecule has 3 aromatic rings. The molecular weight excluding hydrogens is 352 g/mol. The number of rotatable bonds is 5. The second kappa shape index (κ2) is 6.68. The van der Waals surface area contributed by atoms with Crippen molar-refractivity contribution >= 4 is 11.6 Å². The van der Waals surface area contributed by atoms with Gasteiger partial charge in [-0.2, -0.15) is 9.97 Å². The first kappa shape index (κ1) is 17.0. The second-order valence-corrected chi connectivity index (χ2v) is 6.97. The summed E-state index contributed by atoms with van der Waals surface area (Å²) in [4.78, 5) is 13.0. The molecule has 1 unspecified atom stereocenters. The van der Waals surface area contributed by atoms with Crippen LogP contribution in [0.3, 0.4) is 0 Å². The predicted octanol–water partition coefficient (Wildman–Crippen LogP) is 4.81. The Hall–Kier alpha value is -2.47. The summed E-state index contributed by atoms with van der Waals surface area (Å²) in [5.74, 6) is 2.85. The lowest BCUT2D eigenvalue weighted by atomic mass is 10.1. The van der Waals surface area contributed by atoms with E-state index in [2.05, 4.69) is 20.1 Å². The van der Waals surface area contributed by atoms with Crippen LogP contribution in [0.4, 0.5) is 0 Å². The van der Waals surface area contributed by atoms with E-state index in [1.807, 2.05) is 45.0 Å². The Bertz CT molecular complexity index is 935. The van der Waals surface area contributed by atoms with Crippen LogP contribution in [0, 0.1) is 13.8 Å². The Kier molecular flexibility index (Phi) is 4.36. The van der Waals surface area contributed by atoms with Crippen molar-refractivity contribution in [1.82, 2.24) is 20.1 Å². The van der Waals surface area contributed by atoms with Gasteiger partial charge < -0.3 is 9.26 Å². The van der Waals surface area contributed by atoms with Gasteiger partial charge in [0.2, 0.25) is 17.6 Å². The fourth-order valence-electron chi connectivity index (χ4n) is 2.73. The number of aromatic nitrogens is 4. The normalized spacial score (nSPS) is 15.1. The molecule has 7 heteroatoms. The number of ether oxygens (including phenoxy) is 1. The van der Waals surface area contributed by atoms with Crippen LogP contribution in [-0.2, 0) is 0 Å². The van der Waals surface area contributed by atoms with Crippen molar-refractivity contribution in [1.29, 1.82) is 0 Å². The predicted molar refractivity (Wildman–Crippen MR) is 97.3 cm³/mol. The third-order valence-electron chi connectivity index (χ3n) is 4.39. The standard InChI is InChI=1S/C19H19ClN4O2/c1-10-16(20)19(22-12(3)21-10)25-11(2)13-4-6-14(7-5-13)17-23-18(26-24-17)15-8-9-15/h4-7,11,15H,8-9H2,1-3H3. The smallest absolute Gasteiger partial charge is 0.236 e. The third-order valence-corrected chi connectivity index (χ3v) is 4.83. The maximum absolute atomic E-state index is 6.26. The fraction of sp³-hybridized carbons (Fsp3) is 0.368. The summed E-state index contributed by atoms with van der Waals surface area (Å²) >= 11 is 6.26. The maximum Gasteiger partial charge on any atom is 0.236 e. The molecule has 1 aliphatic carbocycles. The van der Waals surface area contributed by atoms with Gasteiger partial charge in [0.25, 0.3) is 0 Å². The monoisotopic (exact) mass is 370 g/mol. The molecular formula is C19H19ClN4O2. The van der Waals surface area contributed by atoms with Gasteiger partial charge in [-0.1, -0.05) is 41.0 Å². The zero-order valence-electron chi connectivity index (χ0n) is 14.9. The van der Waals surface area contributed by atoms with E-state index in [1.165, 1.54) is 0 Å². The van der Waals surface area contributed by atoms with Gasteiger partial charge in [0.15, 0.2) is 0 Å². The van der Waals surface area contributed by atoms with Crippen molar-refractivity contribution in [3.63, 3.8) is 0 Å². The molecule has 0 amide bonds. The molecule has 1 saturated carbocycles. The molecule has 1 aliphatic rings. The van der Waals surface area contributed by atoms with Crippen molar-refractivity contribution in [3.8, 4) is 17.3 Å². The number of hydrogen-bond acceptors (Lipinski definition) is 6. The number of benzene rings is 1. The van der Waals surface area contributed by atoms with Crippen LogP contribution >= 0.6 is 11.6 Å². The van der Waals surface area contributed by atoms with Crippen molar-refractivity contribution in [3.05, 3.63) is 52.3 Å². The Morgan fingerprint density at radius 1 is 1.12 bits per heavy atom. The maximum atomic E-state index is 6.26. The third kappa shape index (κ3) is 3.42. The van der Waals surface area contributed by atoms with E-state index in [0.29, 0.717) is 34.2 Å². The van der Waals surface area contributed by atoms with Crippen molar-refractivity contribution < 1.29 is 9.26 Å². The van der Waals surface area contributed by atoms with E-state index in [1.54, 1.807) is 0 Å². The van der Waals surface area contributed by atoms with Gasteiger partial charge in [-0.3, -0.25) is 0 Å². The highest BCUT2D eigenvalue weighted by atomic mass is 35.5. The molecule has 134 valence electrons. The zero-order valence-corrected chi connectivity index (χ0v) is 15.6. The van der Waals surface area contributed by atoms with E-state index in [4.69, 9.17) is 20.9 Å². The Morgan fingerprint density at radius 3 is 2.54 bits per heavy atom. The Labute approximate surface area is 156 Å². The molecule has 0 saturated heterocycles. The molecule has 26 heavy (non-hydrogen) atoms. The highest BCUT2D eigenvalue weighted by Gasteiger charge is 2.29. The molecule has 0 N–H and O–H groups in total. The molecule has 0 spiro atoms. The highest BCUT2D eigenvalue weighted by Crippen LogP contribution is 2.39. The van der Waals surface area contributed by atoms with Crippen LogP contribution in [0.2, 0.25) is 5.02 Å². The first-order valence-corrected chi connectivity index (χ1v) is 9.00. The Balaban J connectivity index is 1.50. The van der Waals surface area contributed by atoms with E-state index in [-0.39, 0.29) is 6.10 Å². The lowest BCUT2D eigenvalue weighted by Gasteiger charge is -2.16. The fourth-order valence-corrected chi connectivity index (χ4v) is 2.86. The van der Waals surface area contributed by atoms with E-state index < -0.39 is 0 Å². The summed E-state index contributed by atoms with van der Waals surface area (Å²) in [6.45, 7) is 5.61. The number of halogens is 1. The minimum absolute atomic E-state index is 0.206. The SMILES string of the molecule is Cc1nc(C)c(Cl)c(OC(C)c2ccc(-c3noc(C4CC4)n3)cc2)n1. The molecule has 0 bridgehead atoms. The van der Waals surface area contributed by atoms with Crippen LogP contribution in [0.15, 0.2) is 28.8 Å². The molecule has 2 heterocycles. The number of nitrogens with zero attached hydrogens (tertiary/aromatic N) is 4. The largest absolute Gasteiger partial charge is 0.469 e. The average molecular weight is 371 g/mol. The molecule has 2 aromatic heterocycles. The van der Waals surface area contributed by atoms with Gasteiger partial charge in [-0.25, -0.2) is 4.98 Å². The number of aryl methyl sites for hydroxylation is 2. The van der Waals surface area contributed by atoms with Crippen LogP contribution in [0.25, 0.3) is 11.4 Å². The van der Waals surface area contributed by atoms with Gasteiger partial charge in [0.05, 0.1) is 5.69 Å². The molecule has 0 radical (unpaired) electrons. The van der Waals surface area contributed by atoms with E-state index >= 15 is 0 Å². The van der Waals surface area contributed by atoms with Crippen LogP contribution in [-0.4, -0.2) is 20.1 Å². The zero-order chi connectivity index (χ0) is 18.3. The van der Waals surface area contributed by atoms with Crippen LogP contribution in [0.5, 0.6) is 5.88 Å². The van der Waals surface area contributed by atoms with Gasteiger partial charge in [-0.15, -0.1) is 0 Å². The summed E-state index contributed by atoms with van der Waals surface area (Å²) in [6, 6.07) is 7.91. The minimum atomic E-state index is -0.206. The number of hydrogen-bond donors (Lipinski definition) is 0. The lowest BCUT2D eigenvalue weighted by Crippen LogP contribution is -2.07. The molecule has 1 atom stereocenters. The quantitative estimate of drug-likeness (QED) is 0.641. The van der Waals surface area contributed by atoms with Crippen molar-refractivity contribution in [2.75, 3.05) is 0 Å². The van der Waals surface area contributed by atoms with E-state index in [9.17, 15) is 0 Å². The topological polar surface area (TPSA) is 73.9 Å².